The van der Waals surface area contributed by atoms with E-state index in [2.05, 4.69) is 20.8 Å². The molecule has 2 atom stereocenters. The molecule has 33 heavy (non-hydrogen) atoms. The van der Waals surface area contributed by atoms with Gasteiger partial charge in [-0.05, 0) is 56.9 Å². The van der Waals surface area contributed by atoms with Crippen LogP contribution in [0.1, 0.15) is 50.3 Å². The number of aromatic nitrogens is 2. The molecular formula is C22H30N4O6S. The van der Waals surface area contributed by atoms with Gasteiger partial charge in [-0.2, -0.15) is 5.10 Å². The highest BCUT2D eigenvalue weighted by molar-refractivity contribution is 7.90. The van der Waals surface area contributed by atoms with Gasteiger partial charge in [0.25, 0.3) is 0 Å². The Labute approximate surface area is 193 Å². The molecule has 1 aromatic carbocycles. The van der Waals surface area contributed by atoms with Gasteiger partial charge in [-0.1, -0.05) is 0 Å². The Morgan fingerprint density at radius 2 is 2.00 bits per heavy atom. The lowest BCUT2D eigenvalue weighted by atomic mass is 10.0. The number of hydrogen-bond acceptors (Lipinski definition) is 7. The van der Waals surface area contributed by atoms with E-state index in [0.29, 0.717) is 17.1 Å². The number of alkyl carbamates (subject to hydrolysis) is 1. The molecule has 0 spiro atoms. The maximum atomic E-state index is 12.6. The number of nitrogens with one attached hydrogen (secondary N) is 3. The summed E-state index contributed by atoms with van der Waals surface area (Å²) in [5.74, 6) is 0.597. The second-order valence-corrected chi connectivity index (χ2v) is 10.5. The van der Waals surface area contributed by atoms with Gasteiger partial charge in [0, 0.05) is 30.0 Å². The van der Waals surface area contributed by atoms with Gasteiger partial charge in [0.2, 0.25) is 5.91 Å². The van der Waals surface area contributed by atoms with Crippen LogP contribution in [0.3, 0.4) is 0 Å². The fraction of sp³-hybridized carbons (Fsp3) is 0.500. The van der Waals surface area contributed by atoms with Crippen molar-refractivity contribution >= 4 is 27.7 Å². The molecule has 3 rings (SSSR count). The first-order chi connectivity index (χ1) is 15.5. The Kier molecular flexibility index (Phi) is 7.62. The van der Waals surface area contributed by atoms with Gasteiger partial charge in [0.05, 0.1) is 24.5 Å². The number of ether oxygens (including phenoxy) is 2. The molecule has 11 heteroatoms. The maximum absolute atomic E-state index is 12.6. The van der Waals surface area contributed by atoms with Crippen molar-refractivity contribution in [1.29, 1.82) is 0 Å². The van der Waals surface area contributed by atoms with E-state index in [1.54, 1.807) is 32.0 Å². The van der Waals surface area contributed by atoms with Crippen LogP contribution >= 0.6 is 0 Å². The Balaban J connectivity index is 1.60. The monoisotopic (exact) mass is 478 g/mol. The van der Waals surface area contributed by atoms with Crippen molar-refractivity contribution in [2.75, 3.05) is 18.7 Å². The number of carbonyl (C=O) groups excluding carboxylic acids is 2. The van der Waals surface area contributed by atoms with Crippen LogP contribution in [0.25, 0.3) is 0 Å². The Morgan fingerprint density at radius 1 is 1.24 bits per heavy atom. The minimum absolute atomic E-state index is 0.0186. The first-order valence-electron chi connectivity index (χ1n) is 10.7. The number of carbonyl (C=O) groups is 2. The fourth-order valence-electron chi connectivity index (χ4n) is 3.96. The number of amides is 2. The Bertz CT molecular complexity index is 1110. The molecule has 0 saturated heterocycles. The summed E-state index contributed by atoms with van der Waals surface area (Å²) in [5.41, 5.74) is 1.22. The molecule has 0 bridgehead atoms. The number of benzene rings is 1. The molecule has 1 fully saturated rings. The SMILES string of the molecule is COc1ccc(S(C)(=O)=O)c(CC(=O)Nc2cc(C3CCC(NC(=O)OC(C)C)C3)[nH]n2)c1. The van der Waals surface area contributed by atoms with Crippen LogP contribution in [0.2, 0.25) is 0 Å². The number of methoxy groups -OCH3 is 1. The number of hydrogen-bond donors (Lipinski definition) is 3. The van der Waals surface area contributed by atoms with Crippen molar-refractivity contribution in [3.05, 3.63) is 35.5 Å². The summed E-state index contributed by atoms with van der Waals surface area (Å²) in [5, 5.41) is 12.7. The van der Waals surface area contributed by atoms with E-state index in [9.17, 15) is 18.0 Å². The van der Waals surface area contributed by atoms with E-state index in [-0.39, 0.29) is 29.4 Å². The number of nitrogens with zero attached hydrogens (tertiary/aromatic N) is 1. The Hall–Kier alpha value is -3.08. The van der Waals surface area contributed by atoms with Gasteiger partial charge in [0.1, 0.15) is 5.75 Å². The summed E-state index contributed by atoms with van der Waals surface area (Å²) in [4.78, 5) is 24.5. The van der Waals surface area contributed by atoms with E-state index in [1.807, 2.05) is 0 Å². The average Bonchev–Trinajstić information content (AvgIpc) is 3.35. The number of H-pyrrole nitrogens is 1. The molecule has 2 unspecified atom stereocenters. The number of sulfone groups is 1. The van der Waals surface area contributed by atoms with Crippen LogP contribution in [0.4, 0.5) is 10.6 Å². The third kappa shape index (κ3) is 6.70. The maximum Gasteiger partial charge on any atom is 0.407 e. The van der Waals surface area contributed by atoms with Crippen molar-refractivity contribution in [2.24, 2.45) is 0 Å². The summed E-state index contributed by atoms with van der Waals surface area (Å²) < 4.78 is 34.4. The molecule has 1 heterocycles. The van der Waals surface area contributed by atoms with Gasteiger partial charge >= 0.3 is 6.09 Å². The van der Waals surface area contributed by atoms with Gasteiger partial charge in [-0.25, -0.2) is 13.2 Å². The van der Waals surface area contributed by atoms with Crippen molar-refractivity contribution in [1.82, 2.24) is 15.5 Å². The van der Waals surface area contributed by atoms with Crippen molar-refractivity contribution in [2.45, 2.75) is 62.5 Å². The lowest BCUT2D eigenvalue weighted by Crippen LogP contribution is -2.34. The normalized spacial score (nSPS) is 18.2. The van der Waals surface area contributed by atoms with E-state index < -0.39 is 21.8 Å². The summed E-state index contributed by atoms with van der Waals surface area (Å²) in [6, 6.07) is 6.31. The summed E-state index contributed by atoms with van der Waals surface area (Å²) in [6.07, 6.45) is 2.79. The summed E-state index contributed by atoms with van der Waals surface area (Å²) >= 11 is 0. The number of rotatable bonds is 8. The Morgan fingerprint density at radius 3 is 2.67 bits per heavy atom. The van der Waals surface area contributed by atoms with Gasteiger partial charge < -0.3 is 20.1 Å². The first-order valence-corrected chi connectivity index (χ1v) is 12.6. The van der Waals surface area contributed by atoms with E-state index in [0.717, 1.165) is 31.2 Å². The molecule has 0 radical (unpaired) electrons. The highest BCUT2D eigenvalue weighted by Crippen LogP contribution is 2.34. The molecule has 0 aliphatic heterocycles. The average molecular weight is 479 g/mol. The predicted octanol–water partition coefficient (Wildman–Crippen LogP) is 2.77. The standard InChI is InChI=1S/C22H30N4O6S/c1-13(2)32-22(28)23-16-6-5-14(9-16)18-12-20(26-25-18)24-21(27)11-15-10-17(31-3)7-8-19(15)33(4,29)30/h7-8,10,12-14,16H,5-6,9,11H2,1-4H3,(H,23,28)(H2,24,25,26,27). The zero-order chi connectivity index (χ0) is 24.2. The third-order valence-corrected chi connectivity index (χ3v) is 6.62. The molecule has 1 saturated carbocycles. The smallest absolute Gasteiger partial charge is 0.407 e. The van der Waals surface area contributed by atoms with Crippen LogP contribution in [0, 0.1) is 0 Å². The molecule has 1 aliphatic rings. The lowest BCUT2D eigenvalue weighted by Gasteiger charge is -2.14. The van der Waals surface area contributed by atoms with Gasteiger partial charge in [-0.15, -0.1) is 0 Å². The van der Waals surface area contributed by atoms with Crippen molar-refractivity contribution < 1.29 is 27.5 Å². The van der Waals surface area contributed by atoms with Crippen LogP contribution < -0.4 is 15.4 Å². The van der Waals surface area contributed by atoms with Crippen LogP contribution in [-0.4, -0.2) is 56.1 Å². The van der Waals surface area contributed by atoms with Gasteiger partial charge in [-0.3, -0.25) is 9.89 Å². The van der Waals surface area contributed by atoms with E-state index in [1.165, 1.54) is 13.2 Å². The molecule has 1 aliphatic carbocycles. The first kappa shape index (κ1) is 24.6. The van der Waals surface area contributed by atoms with Crippen LogP contribution in [0.15, 0.2) is 29.2 Å². The van der Waals surface area contributed by atoms with Crippen molar-refractivity contribution in [3.8, 4) is 5.75 Å². The minimum atomic E-state index is -3.50. The minimum Gasteiger partial charge on any atom is -0.497 e. The molecule has 10 nitrogen and oxygen atoms in total. The molecule has 2 aromatic rings. The zero-order valence-corrected chi connectivity index (χ0v) is 20.0. The van der Waals surface area contributed by atoms with Crippen molar-refractivity contribution in [3.63, 3.8) is 0 Å². The predicted molar refractivity (Wildman–Crippen MR) is 122 cm³/mol. The lowest BCUT2D eigenvalue weighted by molar-refractivity contribution is -0.115. The fourth-order valence-corrected chi connectivity index (χ4v) is 4.88. The number of aromatic amines is 1. The molecule has 1 aromatic heterocycles. The second-order valence-electron chi connectivity index (χ2n) is 8.48. The van der Waals surface area contributed by atoms with E-state index in [4.69, 9.17) is 9.47 Å². The third-order valence-electron chi connectivity index (χ3n) is 5.42. The summed E-state index contributed by atoms with van der Waals surface area (Å²) in [7, 11) is -2.03. The van der Waals surface area contributed by atoms with E-state index >= 15 is 0 Å². The van der Waals surface area contributed by atoms with Gasteiger partial charge in [0.15, 0.2) is 15.7 Å². The van der Waals surface area contributed by atoms with Crippen LogP contribution in [0.5, 0.6) is 5.75 Å². The molecule has 3 N–H and O–H groups in total. The van der Waals surface area contributed by atoms with Crippen LogP contribution in [-0.2, 0) is 25.8 Å². The number of anilines is 1. The zero-order valence-electron chi connectivity index (χ0n) is 19.2. The molecular weight excluding hydrogens is 448 g/mol. The summed E-state index contributed by atoms with van der Waals surface area (Å²) in [6.45, 7) is 3.60. The second kappa shape index (κ2) is 10.2. The topological polar surface area (TPSA) is 139 Å². The highest BCUT2D eigenvalue weighted by Gasteiger charge is 2.29. The largest absolute Gasteiger partial charge is 0.497 e. The quantitative estimate of drug-likeness (QED) is 0.530. The molecule has 2 amide bonds. The molecule has 180 valence electrons. The highest BCUT2D eigenvalue weighted by atomic mass is 32.2.